The first-order valence-electron chi connectivity index (χ1n) is 8.21. The van der Waals surface area contributed by atoms with Crippen molar-refractivity contribution in [3.8, 4) is 17.2 Å². The molecule has 2 aromatic carbocycles. The summed E-state index contributed by atoms with van der Waals surface area (Å²) in [6.45, 7) is 6.68. The number of allylic oxidation sites excluding steroid dienone is 1. The second kappa shape index (κ2) is 7.77. The molecule has 0 saturated heterocycles. The van der Waals surface area contributed by atoms with E-state index >= 15 is 0 Å². The monoisotopic (exact) mass is 334 g/mol. The maximum atomic E-state index is 6.08. The maximum absolute atomic E-state index is 6.08. The average Bonchev–Trinajstić information content (AvgIpc) is 3.12. The van der Waals surface area contributed by atoms with Gasteiger partial charge in [-0.1, -0.05) is 24.3 Å². The fourth-order valence-corrected chi connectivity index (χ4v) is 2.62. The Morgan fingerprint density at radius 2 is 1.84 bits per heavy atom. The SMILES string of the molecule is C=C(C)Cc1ccc(Oc2ccc(-n3nccn3)cc2CNC)cc1. The Bertz CT molecular complexity index is 839. The summed E-state index contributed by atoms with van der Waals surface area (Å²) in [5.41, 5.74) is 4.32. The van der Waals surface area contributed by atoms with Crippen LogP contribution in [-0.2, 0) is 13.0 Å². The van der Waals surface area contributed by atoms with E-state index in [0.717, 1.165) is 34.7 Å². The molecule has 5 heteroatoms. The summed E-state index contributed by atoms with van der Waals surface area (Å²) in [4.78, 5) is 1.59. The lowest BCUT2D eigenvalue weighted by atomic mass is 10.1. The summed E-state index contributed by atoms with van der Waals surface area (Å²) in [7, 11) is 1.91. The smallest absolute Gasteiger partial charge is 0.132 e. The predicted octanol–water partition coefficient (Wildman–Crippen LogP) is 3.90. The molecule has 128 valence electrons. The molecule has 0 amide bonds. The fourth-order valence-electron chi connectivity index (χ4n) is 2.62. The molecule has 0 spiro atoms. The van der Waals surface area contributed by atoms with Crippen LogP contribution in [0.3, 0.4) is 0 Å². The molecular formula is C20H22N4O. The van der Waals surface area contributed by atoms with Gasteiger partial charge in [0.1, 0.15) is 11.5 Å². The lowest BCUT2D eigenvalue weighted by Crippen LogP contribution is -2.08. The van der Waals surface area contributed by atoms with Crippen LogP contribution in [0.5, 0.6) is 11.5 Å². The van der Waals surface area contributed by atoms with Gasteiger partial charge < -0.3 is 10.1 Å². The first kappa shape index (κ1) is 16.9. The van der Waals surface area contributed by atoms with Crippen LogP contribution in [0.2, 0.25) is 0 Å². The Balaban J connectivity index is 1.82. The quantitative estimate of drug-likeness (QED) is 0.666. The van der Waals surface area contributed by atoms with Crippen molar-refractivity contribution in [1.29, 1.82) is 0 Å². The minimum Gasteiger partial charge on any atom is -0.457 e. The van der Waals surface area contributed by atoms with Gasteiger partial charge in [0.15, 0.2) is 0 Å². The standard InChI is InChI=1S/C20H22N4O/c1-15(2)12-16-4-7-19(8-5-16)25-20-9-6-18(13-17(20)14-21-3)24-22-10-11-23-24/h4-11,13,21H,1,12,14H2,2-3H3. The Labute approximate surface area is 148 Å². The van der Waals surface area contributed by atoms with Gasteiger partial charge in [0.05, 0.1) is 18.1 Å². The van der Waals surface area contributed by atoms with Crippen LogP contribution in [0.15, 0.2) is 67.0 Å². The molecule has 0 aliphatic heterocycles. The Morgan fingerprint density at radius 3 is 2.48 bits per heavy atom. The van der Waals surface area contributed by atoms with E-state index in [2.05, 4.69) is 34.2 Å². The largest absolute Gasteiger partial charge is 0.457 e. The summed E-state index contributed by atoms with van der Waals surface area (Å²) < 4.78 is 6.08. The van der Waals surface area contributed by atoms with Gasteiger partial charge in [0, 0.05) is 12.1 Å². The third kappa shape index (κ3) is 4.33. The molecule has 0 radical (unpaired) electrons. The molecule has 1 heterocycles. The number of hydrogen-bond donors (Lipinski definition) is 1. The summed E-state index contributed by atoms with van der Waals surface area (Å²) in [5.74, 6) is 1.63. The topological polar surface area (TPSA) is 52.0 Å². The zero-order valence-corrected chi connectivity index (χ0v) is 14.6. The highest BCUT2D eigenvalue weighted by Crippen LogP contribution is 2.27. The average molecular weight is 334 g/mol. The Hall–Kier alpha value is -2.92. The van der Waals surface area contributed by atoms with Gasteiger partial charge in [0.25, 0.3) is 0 Å². The van der Waals surface area contributed by atoms with Crippen molar-refractivity contribution >= 4 is 0 Å². The second-order valence-corrected chi connectivity index (χ2v) is 6.02. The van der Waals surface area contributed by atoms with Crippen molar-refractivity contribution in [2.45, 2.75) is 19.9 Å². The summed E-state index contributed by atoms with van der Waals surface area (Å²) in [6.07, 6.45) is 4.21. The van der Waals surface area contributed by atoms with Crippen molar-refractivity contribution in [1.82, 2.24) is 20.3 Å². The minimum atomic E-state index is 0.693. The van der Waals surface area contributed by atoms with E-state index in [1.54, 1.807) is 17.2 Å². The minimum absolute atomic E-state index is 0.693. The predicted molar refractivity (Wildman–Crippen MR) is 99.2 cm³/mol. The zero-order valence-electron chi connectivity index (χ0n) is 14.6. The Morgan fingerprint density at radius 1 is 1.12 bits per heavy atom. The Kier molecular flexibility index (Phi) is 5.26. The third-order valence-corrected chi connectivity index (χ3v) is 3.72. The molecule has 3 rings (SSSR count). The molecule has 5 nitrogen and oxygen atoms in total. The van der Waals surface area contributed by atoms with Gasteiger partial charge in [-0.2, -0.15) is 15.0 Å². The molecule has 0 aliphatic carbocycles. The number of hydrogen-bond acceptors (Lipinski definition) is 4. The van der Waals surface area contributed by atoms with E-state index in [-0.39, 0.29) is 0 Å². The summed E-state index contributed by atoms with van der Waals surface area (Å²) in [6, 6.07) is 14.1. The molecule has 0 unspecified atom stereocenters. The van der Waals surface area contributed by atoms with E-state index in [0.29, 0.717) is 6.54 Å². The van der Waals surface area contributed by atoms with Gasteiger partial charge in [-0.3, -0.25) is 0 Å². The van der Waals surface area contributed by atoms with E-state index in [9.17, 15) is 0 Å². The molecule has 3 aromatic rings. The molecule has 1 aromatic heterocycles. The van der Waals surface area contributed by atoms with Crippen molar-refractivity contribution in [2.75, 3.05) is 7.05 Å². The molecule has 0 atom stereocenters. The normalized spacial score (nSPS) is 10.6. The first-order chi connectivity index (χ1) is 12.2. The van der Waals surface area contributed by atoms with Crippen LogP contribution in [-0.4, -0.2) is 22.0 Å². The highest BCUT2D eigenvalue weighted by Gasteiger charge is 2.08. The number of aromatic nitrogens is 3. The first-order valence-corrected chi connectivity index (χ1v) is 8.21. The third-order valence-electron chi connectivity index (χ3n) is 3.72. The maximum Gasteiger partial charge on any atom is 0.132 e. The van der Waals surface area contributed by atoms with E-state index in [4.69, 9.17) is 4.74 Å². The van der Waals surface area contributed by atoms with Gasteiger partial charge in [0.2, 0.25) is 0 Å². The van der Waals surface area contributed by atoms with Gasteiger partial charge in [-0.25, -0.2) is 0 Å². The number of benzene rings is 2. The molecule has 0 bridgehead atoms. The lowest BCUT2D eigenvalue weighted by molar-refractivity contribution is 0.474. The van der Waals surface area contributed by atoms with Crippen molar-refractivity contribution in [2.24, 2.45) is 0 Å². The van der Waals surface area contributed by atoms with E-state index in [1.165, 1.54) is 5.56 Å². The van der Waals surface area contributed by atoms with Gasteiger partial charge in [-0.05, 0) is 56.3 Å². The van der Waals surface area contributed by atoms with Gasteiger partial charge in [-0.15, -0.1) is 0 Å². The molecule has 1 N–H and O–H groups in total. The molecular weight excluding hydrogens is 312 g/mol. The van der Waals surface area contributed by atoms with Crippen LogP contribution >= 0.6 is 0 Å². The molecule has 25 heavy (non-hydrogen) atoms. The van der Waals surface area contributed by atoms with Crippen LogP contribution in [0, 0.1) is 0 Å². The lowest BCUT2D eigenvalue weighted by Gasteiger charge is -2.13. The summed E-state index contributed by atoms with van der Waals surface area (Å²) in [5, 5.41) is 11.5. The number of rotatable bonds is 7. The van der Waals surface area contributed by atoms with E-state index < -0.39 is 0 Å². The fraction of sp³-hybridized carbons (Fsp3) is 0.200. The number of nitrogens with zero attached hydrogens (tertiary/aromatic N) is 3. The van der Waals surface area contributed by atoms with E-state index in [1.807, 2.05) is 44.3 Å². The molecule has 0 aliphatic rings. The molecule has 0 fully saturated rings. The second-order valence-electron chi connectivity index (χ2n) is 6.02. The van der Waals surface area contributed by atoms with Crippen LogP contribution in [0.25, 0.3) is 5.69 Å². The van der Waals surface area contributed by atoms with Crippen molar-refractivity contribution in [3.05, 3.63) is 78.1 Å². The van der Waals surface area contributed by atoms with Crippen LogP contribution in [0.1, 0.15) is 18.1 Å². The van der Waals surface area contributed by atoms with Crippen LogP contribution in [0.4, 0.5) is 0 Å². The van der Waals surface area contributed by atoms with Crippen LogP contribution < -0.4 is 10.1 Å². The number of ether oxygens (including phenoxy) is 1. The van der Waals surface area contributed by atoms with Gasteiger partial charge >= 0.3 is 0 Å². The number of nitrogens with one attached hydrogen (secondary N) is 1. The summed E-state index contributed by atoms with van der Waals surface area (Å²) >= 11 is 0. The van der Waals surface area contributed by atoms with Crippen molar-refractivity contribution in [3.63, 3.8) is 0 Å². The zero-order chi connectivity index (χ0) is 17.6. The van der Waals surface area contributed by atoms with Crippen molar-refractivity contribution < 1.29 is 4.74 Å². The highest BCUT2D eigenvalue weighted by molar-refractivity contribution is 5.45. The highest BCUT2D eigenvalue weighted by atomic mass is 16.5. The molecule has 0 saturated carbocycles.